The summed E-state index contributed by atoms with van der Waals surface area (Å²) in [6, 6.07) is 0. The Labute approximate surface area is 87.9 Å². The van der Waals surface area contributed by atoms with Gasteiger partial charge in [-0.3, -0.25) is 0 Å². The zero-order valence-corrected chi connectivity index (χ0v) is 9.47. The van der Waals surface area contributed by atoms with Crippen LogP contribution in [0.4, 0.5) is 0 Å². The summed E-state index contributed by atoms with van der Waals surface area (Å²) in [5.74, 6) is 0. The van der Waals surface area contributed by atoms with Crippen molar-refractivity contribution >= 4 is 0 Å². The molecule has 0 aliphatic heterocycles. The van der Waals surface area contributed by atoms with Gasteiger partial charge in [0.05, 0.1) is 0 Å². The van der Waals surface area contributed by atoms with Gasteiger partial charge in [-0.1, -0.05) is 13.3 Å². The molecule has 0 heterocycles. The lowest BCUT2D eigenvalue weighted by atomic mass is 9.76. The second-order valence-electron chi connectivity index (χ2n) is 4.19. The van der Waals surface area contributed by atoms with Crippen molar-refractivity contribution in [1.82, 2.24) is 0 Å². The summed E-state index contributed by atoms with van der Waals surface area (Å²) in [7, 11) is 0. The van der Waals surface area contributed by atoms with Gasteiger partial charge in [0.25, 0.3) is 0 Å². The molecule has 0 bridgehead atoms. The lowest BCUT2D eigenvalue weighted by Crippen LogP contribution is -2.27. The molecule has 3 nitrogen and oxygen atoms in total. The summed E-state index contributed by atoms with van der Waals surface area (Å²) in [4.78, 5) is 0. The predicted octanol–water partition coefficient (Wildman–Crippen LogP) is 1.24. The first-order valence-electron chi connectivity index (χ1n) is 5.75. The fourth-order valence-corrected chi connectivity index (χ4v) is 2.10. The van der Waals surface area contributed by atoms with Crippen molar-refractivity contribution in [3.63, 3.8) is 0 Å². The van der Waals surface area contributed by atoms with E-state index in [1.165, 1.54) is 0 Å². The Morgan fingerprint density at radius 1 is 1.00 bits per heavy atom. The number of rotatable bonds is 9. The number of aliphatic hydroxyl groups is 1. The van der Waals surface area contributed by atoms with Gasteiger partial charge < -0.3 is 16.6 Å². The maximum absolute atomic E-state index is 9.48. The van der Waals surface area contributed by atoms with Crippen molar-refractivity contribution in [3.8, 4) is 0 Å². The molecule has 0 atom stereocenters. The van der Waals surface area contributed by atoms with Crippen LogP contribution in [0, 0.1) is 5.41 Å². The van der Waals surface area contributed by atoms with Crippen LogP contribution in [0.3, 0.4) is 0 Å². The topological polar surface area (TPSA) is 72.3 Å². The van der Waals surface area contributed by atoms with Crippen molar-refractivity contribution in [2.75, 3.05) is 19.7 Å². The van der Waals surface area contributed by atoms with Gasteiger partial charge in [0.15, 0.2) is 0 Å². The molecule has 0 aromatic rings. The Bertz CT molecular complexity index is 120. The Kier molecular flexibility index (Phi) is 8.14. The molecular weight excluding hydrogens is 176 g/mol. The van der Waals surface area contributed by atoms with Crippen LogP contribution in [0.25, 0.3) is 0 Å². The van der Waals surface area contributed by atoms with Crippen LogP contribution in [0.2, 0.25) is 0 Å². The Morgan fingerprint density at radius 3 is 1.79 bits per heavy atom. The highest BCUT2D eigenvalue weighted by molar-refractivity contribution is 4.78. The quantitative estimate of drug-likeness (QED) is 0.527. The zero-order valence-electron chi connectivity index (χ0n) is 9.47. The van der Waals surface area contributed by atoms with Crippen LogP contribution in [0.1, 0.15) is 45.4 Å². The maximum Gasteiger partial charge on any atom is 0.0487 e. The molecule has 0 aliphatic rings. The van der Waals surface area contributed by atoms with Crippen LogP contribution in [0.15, 0.2) is 0 Å². The molecule has 3 heteroatoms. The van der Waals surface area contributed by atoms with E-state index in [1.54, 1.807) is 0 Å². The molecule has 86 valence electrons. The second-order valence-corrected chi connectivity index (χ2v) is 4.19. The van der Waals surface area contributed by atoms with E-state index in [0.717, 1.165) is 38.5 Å². The summed E-state index contributed by atoms with van der Waals surface area (Å²) < 4.78 is 0. The third-order valence-corrected chi connectivity index (χ3v) is 2.94. The van der Waals surface area contributed by atoms with Crippen molar-refractivity contribution in [2.24, 2.45) is 16.9 Å². The summed E-state index contributed by atoms with van der Waals surface area (Å²) in [6.07, 6.45) is 6.29. The highest BCUT2D eigenvalue weighted by atomic mass is 16.3. The van der Waals surface area contributed by atoms with Crippen LogP contribution < -0.4 is 11.5 Å². The average Bonchev–Trinajstić information content (AvgIpc) is 2.22. The molecular formula is C11H26N2O. The number of hydrogen-bond acceptors (Lipinski definition) is 3. The van der Waals surface area contributed by atoms with E-state index >= 15 is 0 Å². The molecule has 0 saturated heterocycles. The molecule has 0 amide bonds. The van der Waals surface area contributed by atoms with Gasteiger partial charge in [-0.2, -0.15) is 0 Å². The Balaban J connectivity index is 4.11. The fourth-order valence-electron chi connectivity index (χ4n) is 2.10. The van der Waals surface area contributed by atoms with Crippen LogP contribution in [-0.4, -0.2) is 24.8 Å². The van der Waals surface area contributed by atoms with Gasteiger partial charge >= 0.3 is 0 Å². The van der Waals surface area contributed by atoms with Crippen molar-refractivity contribution < 1.29 is 5.11 Å². The minimum atomic E-state index is 0.0908. The summed E-state index contributed by atoms with van der Waals surface area (Å²) in [5.41, 5.74) is 11.1. The van der Waals surface area contributed by atoms with E-state index in [-0.39, 0.29) is 12.0 Å². The van der Waals surface area contributed by atoms with Crippen molar-refractivity contribution in [3.05, 3.63) is 0 Å². The van der Waals surface area contributed by atoms with Crippen molar-refractivity contribution in [1.29, 1.82) is 0 Å². The second kappa shape index (κ2) is 8.21. The van der Waals surface area contributed by atoms with Crippen molar-refractivity contribution in [2.45, 2.75) is 45.4 Å². The molecule has 5 N–H and O–H groups in total. The summed E-state index contributed by atoms with van der Waals surface area (Å²) >= 11 is 0. The first-order chi connectivity index (χ1) is 6.74. The number of hydrogen-bond donors (Lipinski definition) is 3. The maximum atomic E-state index is 9.48. The molecule has 0 aromatic carbocycles. The normalized spacial score (nSPS) is 12.0. The van der Waals surface area contributed by atoms with Crippen LogP contribution in [0.5, 0.6) is 0 Å². The van der Waals surface area contributed by atoms with Gasteiger partial charge in [0.2, 0.25) is 0 Å². The Morgan fingerprint density at radius 2 is 1.50 bits per heavy atom. The first kappa shape index (κ1) is 13.9. The summed E-state index contributed by atoms with van der Waals surface area (Å²) in [6.45, 7) is 3.87. The number of aliphatic hydroxyl groups excluding tert-OH is 1. The third kappa shape index (κ3) is 4.94. The molecule has 0 aliphatic carbocycles. The minimum absolute atomic E-state index is 0.0908. The molecule has 0 radical (unpaired) electrons. The molecule has 0 spiro atoms. The van der Waals surface area contributed by atoms with E-state index in [4.69, 9.17) is 11.5 Å². The predicted molar refractivity (Wildman–Crippen MR) is 61.0 cm³/mol. The Hall–Kier alpha value is -0.120. The molecule has 0 unspecified atom stereocenters. The van der Waals surface area contributed by atoms with E-state index < -0.39 is 0 Å². The smallest absolute Gasteiger partial charge is 0.0487 e. The zero-order chi connectivity index (χ0) is 10.9. The van der Waals surface area contributed by atoms with E-state index in [1.807, 2.05) is 0 Å². The van der Waals surface area contributed by atoms with Crippen LogP contribution >= 0.6 is 0 Å². The lowest BCUT2D eigenvalue weighted by molar-refractivity contribution is 0.0909. The molecule has 0 saturated carbocycles. The first-order valence-corrected chi connectivity index (χ1v) is 5.75. The average molecular weight is 202 g/mol. The highest BCUT2D eigenvalue weighted by Gasteiger charge is 2.26. The molecule has 0 fully saturated rings. The van der Waals surface area contributed by atoms with Gasteiger partial charge in [-0.15, -0.1) is 0 Å². The minimum Gasteiger partial charge on any atom is -0.396 e. The monoisotopic (exact) mass is 202 g/mol. The molecule has 14 heavy (non-hydrogen) atoms. The molecule has 0 rings (SSSR count). The summed E-state index contributed by atoms with van der Waals surface area (Å²) in [5, 5.41) is 9.48. The lowest BCUT2D eigenvalue weighted by Gasteiger charge is -2.31. The van der Waals surface area contributed by atoms with Gasteiger partial charge in [0.1, 0.15) is 0 Å². The highest BCUT2D eigenvalue weighted by Crippen LogP contribution is 2.34. The van der Waals surface area contributed by atoms with Gasteiger partial charge in [-0.05, 0) is 50.6 Å². The largest absolute Gasteiger partial charge is 0.396 e. The van der Waals surface area contributed by atoms with E-state index in [0.29, 0.717) is 13.1 Å². The number of nitrogens with two attached hydrogens (primary N) is 2. The van der Waals surface area contributed by atoms with Gasteiger partial charge in [-0.25, -0.2) is 0 Å². The van der Waals surface area contributed by atoms with Gasteiger partial charge in [0, 0.05) is 6.61 Å². The van der Waals surface area contributed by atoms with E-state index in [2.05, 4.69) is 6.92 Å². The SMILES string of the molecule is CCCC(CO)(CCCN)CCCN. The molecule has 0 aromatic heterocycles. The van der Waals surface area contributed by atoms with Crippen LogP contribution in [-0.2, 0) is 0 Å². The third-order valence-electron chi connectivity index (χ3n) is 2.94. The fraction of sp³-hybridized carbons (Fsp3) is 1.00. The van der Waals surface area contributed by atoms with E-state index in [9.17, 15) is 5.11 Å². The standard InChI is InChI=1S/C11H26N2O/c1-2-5-11(10-14,6-3-8-12)7-4-9-13/h14H,2-10,12-13H2,1H3.